The van der Waals surface area contributed by atoms with Crippen molar-refractivity contribution in [3.63, 3.8) is 0 Å². The Morgan fingerprint density at radius 3 is 2.70 bits per heavy atom. The quantitative estimate of drug-likeness (QED) is 0.879. The second-order valence-electron chi connectivity index (χ2n) is 5.11. The molecule has 0 aliphatic rings. The van der Waals surface area contributed by atoms with Crippen LogP contribution in [0.1, 0.15) is 22.6 Å². The van der Waals surface area contributed by atoms with Gasteiger partial charge in [-0.05, 0) is 38.7 Å². The molecular formula is C16H21FN2O. The van der Waals surface area contributed by atoms with Crippen molar-refractivity contribution >= 4 is 0 Å². The Labute approximate surface area is 119 Å². The van der Waals surface area contributed by atoms with Crippen LogP contribution in [0.2, 0.25) is 0 Å². The van der Waals surface area contributed by atoms with Crippen LogP contribution in [0.25, 0.3) is 0 Å². The van der Waals surface area contributed by atoms with E-state index in [0.29, 0.717) is 18.7 Å². The highest BCUT2D eigenvalue weighted by atomic mass is 19.1. The summed E-state index contributed by atoms with van der Waals surface area (Å²) in [6.07, 6.45) is 0. The molecule has 2 rings (SSSR count). The number of rotatable bonds is 6. The summed E-state index contributed by atoms with van der Waals surface area (Å²) in [6.45, 7) is 3.99. The van der Waals surface area contributed by atoms with Crippen molar-refractivity contribution in [2.75, 3.05) is 14.1 Å². The first-order valence-corrected chi connectivity index (χ1v) is 6.75. The lowest BCUT2D eigenvalue weighted by atomic mass is 10.2. The molecular weight excluding hydrogens is 255 g/mol. The molecule has 0 aliphatic heterocycles. The summed E-state index contributed by atoms with van der Waals surface area (Å²) in [5, 5.41) is 3.08. The van der Waals surface area contributed by atoms with E-state index < -0.39 is 0 Å². The van der Waals surface area contributed by atoms with Gasteiger partial charge >= 0.3 is 0 Å². The molecule has 4 heteroatoms. The van der Waals surface area contributed by atoms with Crippen molar-refractivity contribution in [3.8, 4) is 0 Å². The average molecular weight is 276 g/mol. The minimum Gasteiger partial charge on any atom is -0.463 e. The number of hydrogen-bond acceptors (Lipinski definition) is 3. The third kappa shape index (κ3) is 3.68. The Morgan fingerprint density at radius 2 is 2.00 bits per heavy atom. The lowest BCUT2D eigenvalue weighted by Gasteiger charge is -2.15. The fourth-order valence-corrected chi connectivity index (χ4v) is 2.24. The van der Waals surface area contributed by atoms with E-state index in [1.165, 1.54) is 6.07 Å². The Balaban J connectivity index is 1.99. The van der Waals surface area contributed by atoms with Crippen molar-refractivity contribution in [1.29, 1.82) is 0 Å². The van der Waals surface area contributed by atoms with E-state index in [9.17, 15) is 4.39 Å². The fourth-order valence-electron chi connectivity index (χ4n) is 2.24. The van der Waals surface area contributed by atoms with Crippen LogP contribution in [0.4, 0.5) is 4.39 Å². The van der Waals surface area contributed by atoms with E-state index in [0.717, 1.165) is 23.6 Å². The predicted octanol–water partition coefficient (Wildman–Crippen LogP) is 3.08. The van der Waals surface area contributed by atoms with Crippen LogP contribution in [0.3, 0.4) is 0 Å². The third-order valence-electron chi connectivity index (χ3n) is 3.23. The monoisotopic (exact) mass is 276 g/mol. The molecule has 2 aromatic rings. The molecule has 0 fully saturated rings. The summed E-state index contributed by atoms with van der Waals surface area (Å²) in [4.78, 5) is 2.04. The van der Waals surface area contributed by atoms with Crippen LogP contribution < -0.4 is 5.32 Å². The second kappa shape index (κ2) is 6.68. The second-order valence-corrected chi connectivity index (χ2v) is 5.11. The minimum absolute atomic E-state index is 0.161. The van der Waals surface area contributed by atoms with Crippen LogP contribution in [0.5, 0.6) is 0 Å². The highest BCUT2D eigenvalue weighted by Gasteiger charge is 2.10. The zero-order valence-electron chi connectivity index (χ0n) is 12.2. The first kappa shape index (κ1) is 14.8. The van der Waals surface area contributed by atoms with Gasteiger partial charge in [-0.2, -0.15) is 0 Å². The van der Waals surface area contributed by atoms with E-state index >= 15 is 0 Å². The summed E-state index contributed by atoms with van der Waals surface area (Å²) in [6, 6.07) is 8.91. The van der Waals surface area contributed by atoms with E-state index in [1.807, 2.05) is 44.1 Å². The molecule has 0 atom stereocenters. The van der Waals surface area contributed by atoms with Crippen molar-refractivity contribution in [2.24, 2.45) is 0 Å². The molecule has 3 nitrogen and oxygen atoms in total. The molecule has 0 radical (unpaired) electrons. The van der Waals surface area contributed by atoms with Gasteiger partial charge in [-0.1, -0.05) is 18.2 Å². The highest BCUT2D eigenvalue weighted by molar-refractivity contribution is 5.20. The van der Waals surface area contributed by atoms with Gasteiger partial charge in [-0.25, -0.2) is 4.39 Å². The summed E-state index contributed by atoms with van der Waals surface area (Å²) in [5.41, 5.74) is 1.85. The molecule has 0 bridgehead atoms. The number of nitrogens with one attached hydrogen (secondary N) is 1. The van der Waals surface area contributed by atoms with Gasteiger partial charge in [0.1, 0.15) is 17.3 Å². The molecule has 0 saturated carbocycles. The Bertz CT molecular complexity index is 565. The van der Waals surface area contributed by atoms with Crippen molar-refractivity contribution in [1.82, 2.24) is 10.2 Å². The molecule has 1 N–H and O–H groups in total. The number of furan rings is 1. The largest absolute Gasteiger partial charge is 0.463 e. The van der Waals surface area contributed by atoms with Crippen LogP contribution in [-0.4, -0.2) is 19.0 Å². The molecule has 1 heterocycles. The van der Waals surface area contributed by atoms with Gasteiger partial charge in [0.05, 0.1) is 13.1 Å². The Morgan fingerprint density at radius 1 is 1.25 bits per heavy atom. The van der Waals surface area contributed by atoms with Crippen molar-refractivity contribution < 1.29 is 8.81 Å². The number of nitrogens with zero attached hydrogens (tertiary/aromatic N) is 1. The lowest BCUT2D eigenvalue weighted by molar-refractivity contribution is 0.279. The summed E-state index contributed by atoms with van der Waals surface area (Å²) < 4.78 is 19.4. The van der Waals surface area contributed by atoms with Gasteiger partial charge in [0.15, 0.2) is 0 Å². The maximum atomic E-state index is 13.6. The maximum Gasteiger partial charge on any atom is 0.127 e. The first-order valence-electron chi connectivity index (χ1n) is 6.75. The highest BCUT2D eigenvalue weighted by Crippen LogP contribution is 2.17. The smallest absolute Gasteiger partial charge is 0.127 e. The van der Waals surface area contributed by atoms with Gasteiger partial charge in [-0.15, -0.1) is 0 Å². The molecule has 0 aliphatic carbocycles. The SMILES string of the molecule is CNCc1oc(CN(C)Cc2ccccc2F)cc1C. The summed E-state index contributed by atoms with van der Waals surface area (Å²) >= 11 is 0. The molecule has 0 spiro atoms. The minimum atomic E-state index is -0.161. The van der Waals surface area contributed by atoms with Crippen LogP contribution >= 0.6 is 0 Å². The van der Waals surface area contributed by atoms with E-state index in [4.69, 9.17) is 4.42 Å². The molecule has 0 amide bonds. The average Bonchev–Trinajstić information content (AvgIpc) is 2.73. The molecule has 1 aromatic heterocycles. The van der Waals surface area contributed by atoms with Crippen molar-refractivity contribution in [2.45, 2.75) is 26.6 Å². The molecule has 20 heavy (non-hydrogen) atoms. The van der Waals surface area contributed by atoms with E-state index in [1.54, 1.807) is 6.07 Å². The fraction of sp³-hybridized carbons (Fsp3) is 0.375. The van der Waals surface area contributed by atoms with Crippen molar-refractivity contribution in [3.05, 3.63) is 58.8 Å². The Kier molecular flexibility index (Phi) is 4.93. The van der Waals surface area contributed by atoms with Crippen LogP contribution in [0, 0.1) is 12.7 Å². The molecule has 0 unspecified atom stereocenters. The molecule has 108 valence electrons. The normalized spacial score (nSPS) is 11.2. The summed E-state index contributed by atoms with van der Waals surface area (Å²) in [5.74, 6) is 1.71. The molecule has 0 saturated heterocycles. The van der Waals surface area contributed by atoms with Gasteiger partial charge in [-0.3, -0.25) is 4.90 Å². The van der Waals surface area contributed by atoms with Crippen LogP contribution in [0.15, 0.2) is 34.7 Å². The van der Waals surface area contributed by atoms with Crippen LogP contribution in [-0.2, 0) is 19.6 Å². The van der Waals surface area contributed by atoms with E-state index in [-0.39, 0.29) is 5.82 Å². The van der Waals surface area contributed by atoms with Gasteiger partial charge in [0.25, 0.3) is 0 Å². The first-order chi connectivity index (χ1) is 9.60. The summed E-state index contributed by atoms with van der Waals surface area (Å²) in [7, 11) is 3.86. The lowest BCUT2D eigenvalue weighted by Crippen LogP contribution is -2.17. The zero-order chi connectivity index (χ0) is 14.5. The van der Waals surface area contributed by atoms with Gasteiger partial charge < -0.3 is 9.73 Å². The van der Waals surface area contributed by atoms with Gasteiger partial charge in [0, 0.05) is 12.1 Å². The topological polar surface area (TPSA) is 28.4 Å². The maximum absolute atomic E-state index is 13.6. The van der Waals surface area contributed by atoms with E-state index in [2.05, 4.69) is 5.32 Å². The predicted molar refractivity (Wildman–Crippen MR) is 77.8 cm³/mol. The number of aryl methyl sites for hydroxylation is 1. The van der Waals surface area contributed by atoms with Gasteiger partial charge in [0.2, 0.25) is 0 Å². The molecule has 1 aromatic carbocycles. The standard InChI is InChI=1S/C16H21FN2O/c1-12-8-14(20-16(12)9-18-2)11-19(3)10-13-6-4-5-7-15(13)17/h4-8,18H,9-11H2,1-3H3. The number of hydrogen-bond donors (Lipinski definition) is 1. The number of halogens is 1. The number of benzene rings is 1. The Hall–Kier alpha value is -1.65. The third-order valence-corrected chi connectivity index (χ3v) is 3.23. The zero-order valence-corrected chi connectivity index (χ0v) is 12.2.